The van der Waals surface area contributed by atoms with Crippen LogP contribution in [0.2, 0.25) is 0 Å². The zero-order valence-corrected chi connectivity index (χ0v) is 9.28. The fraction of sp³-hybridized carbons (Fsp3) is 0.818. The van der Waals surface area contributed by atoms with E-state index in [2.05, 4.69) is 17.1 Å². The number of ether oxygens (including phenoxy) is 1. The van der Waals surface area contributed by atoms with Gasteiger partial charge in [0.2, 0.25) is 0 Å². The highest BCUT2D eigenvalue weighted by atomic mass is 16.5. The molecule has 2 rings (SSSR count). The van der Waals surface area contributed by atoms with Gasteiger partial charge in [-0.25, -0.2) is 0 Å². The Kier molecular flexibility index (Phi) is 3.36. The molecule has 4 nitrogen and oxygen atoms in total. The van der Waals surface area contributed by atoms with E-state index in [0.717, 1.165) is 32.5 Å². The van der Waals surface area contributed by atoms with E-state index < -0.39 is 0 Å². The van der Waals surface area contributed by atoms with E-state index in [0.29, 0.717) is 17.7 Å². The second-order valence-corrected chi connectivity index (χ2v) is 4.34. The third-order valence-corrected chi connectivity index (χ3v) is 3.24. The normalized spacial score (nSPS) is 32.1. The smallest absolute Gasteiger partial charge is 0.123 e. The van der Waals surface area contributed by atoms with Gasteiger partial charge in [-0.1, -0.05) is 6.92 Å². The molecule has 0 amide bonds. The molecule has 0 saturated carbocycles. The van der Waals surface area contributed by atoms with E-state index in [9.17, 15) is 0 Å². The molecule has 2 atom stereocenters. The predicted octanol–water partition coefficient (Wildman–Crippen LogP) is 1.56. The SMILES string of the molecule is CCC1CC(N)=NN=C1C1CCCOC1. The second kappa shape index (κ2) is 4.75. The predicted molar refractivity (Wildman–Crippen MR) is 61.0 cm³/mol. The molecule has 2 N–H and O–H groups in total. The van der Waals surface area contributed by atoms with E-state index >= 15 is 0 Å². The molecule has 2 unspecified atom stereocenters. The van der Waals surface area contributed by atoms with Gasteiger partial charge in [0.25, 0.3) is 0 Å². The van der Waals surface area contributed by atoms with E-state index in [-0.39, 0.29) is 0 Å². The Morgan fingerprint density at radius 1 is 1.47 bits per heavy atom. The highest BCUT2D eigenvalue weighted by Crippen LogP contribution is 2.25. The number of nitrogens with zero attached hydrogens (tertiary/aromatic N) is 2. The summed E-state index contributed by atoms with van der Waals surface area (Å²) in [5.41, 5.74) is 6.92. The highest BCUT2D eigenvalue weighted by Gasteiger charge is 2.28. The van der Waals surface area contributed by atoms with Crippen molar-refractivity contribution in [1.29, 1.82) is 0 Å². The number of hydrogen-bond acceptors (Lipinski definition) is 4. The van der Waals surface area contributed by atoms with Crippen molar-refractivity contribution in [3.63, 3.8) is 0 Å². The van der Waals surface area contributed by atoms with Gasteiger partial charge in [-0.05, 0) is 19.3 Å². The molecular weight excluding hydrogens is 190 g/mol. The molecule has 1 fully saturated rings. The monoisotopic (exact) mass is 209 g/mol. The summed E-state index contributed by atoms with van der Waals surface area (Å²) in [5.74, 6) is 1.62. The summed E-state index contributed by atoms with van der Waals surface area (Å²) in [4.78, 5) is 0. The van der Waals surface area contributed by atoms with Crippen LogP contribution in [-0.2, 0) is 4.74 Å². The van der Waals surface area contributed by atoms with Crippen molar-refractivity contribution < 1.29 is 4.74 Å². The summed E-state index contributed by atoms with van der Waals surface area (Å²) in [5, 5.41) is 8.30. The molecule has 0 spiro atoms. The average Bonchev–Trinajstić information content (AvgIpc) is 2.30. The van der Waals surface area contributed by atoms with Crippen LogP contribution >= 0.6 is 0 Å². The molecule has 0 bridgehead atoms. The van der Waals surface area contributed by atoms with E-state index in [1.807, 2.05) is 0 Å². The summed E-state index contributed by atoms with van der Waals surface area (Å²) in [6.07, 6.45) is 4.28. The van der Waals surface area contributed by atoms with E-state index in [1.54, 1.807) is 0 Å². The topological polar surface area (TPSA) is 60.0 Å². The molecule has 0 aromatic rings. The maximum absolute atomic E-state index is 5.70. The van der Waals surface area contributed by atoms with Gasteiger partial charge in [0.15, 0.2) is 0 Å². The summed E-state index contributed by atoms with van der Waals surface area (Å²) >= 11 is 0. The van der Waals surface area contributed by atoms with Gasteiger partial charge in [-0.3, -0.25) is 0 Å². The third-order valence-electron chi connectivity index (χ3n) is 3.24. The minimum atomic E-state index is 0.473. The van der Waals surface area contributed by atoms with Crippen molar-refractivity contribution in [2.45, 2.75) is 32.6 Å². The lowest BCUT2D eigenvalue weighted by Gasteiger charge is -2.29. The fourth-order valence-electron chi connectivity index (χ4n) is 2.34. The van der Waals surface area contributed by atoms with E-state index in [1.165, 1.54) is 12.1 Å². The first-order chi connectivity index (χ1) is 7.31. The number of amidine groups is 1. The summed E-state index contributed by atoms with van der Waals surface area (Å²) in [7, 11) is 0. The molecule has 2 aliphatic heterocycles. The summed E-state index contributed by atoms with van der Waals surface area (Å²) in [6.45, 7) is 3.89. The standard InChI is InChI=1S/C11H19N3O/c1-2-8-6-10(12)13-14-11(8)9-4-3-5-15-7-9/h8-9H,2-7H2,1H3,(H2,12,13). The molecule has 0 aromatic carbocycles. The van der Waals surface area contributed by atoms with Gasteiger partial charge in [-0.2, -0.15) is 5.10 Å². The maximum atomic E-state index is 5.70. The van der Waals surface area contributed by atoms with Crippen LogP contribution in [0.4, 0.5) is 0 Å². The van der Waals surface area contributed by atoms with Crippen LogP contribution in [0, 0.1) is 11.8 Å². The Hall–Kier alpha value is -0.900. The summed E-state index contributed by atoms with van der Waals surface area (Å²) in [6, 6.07) is 0. The van der Waals surface area contributed by atoms with Crippen molar-refractivity contribution in [2.24, 2.45) is 27.8 Å². The van der Waals surface area contributed by atoms with E-state index in [4.69, 9.17) is 10.5 Å². The minimum Gasteiger partial charge on any atom is -0.386 e. The van der Waals surface area contributed by atoms with Gasteiger partial charge in [0, 0.05) is 30.6 Å². The van der Waals surface area contributed by atoms with Crippen LogP contribution in [0.5, 0.6) is 0 Å². The van der Waals surface area contributed by atoms with Gasteiger partial charge >= 0.3 is 0 Å². The Labute approximate surface area is 90.6 Å². The molecule has 2 aliphatic rings. The van der Waals surface area contributed by atoms with Crippen LogP contribution in [0.15, 0.2) is 10.2 Å². The van der Waals surface area contributed by atoms with Crippen LogP contribution in [0.25, 0.3) is 0 Å². The van der Waals surface area contributed by atoms with Crippen molar-refractivity contribution in [1.82, 2.24) is 0 Å². The molecule has 0 radical (unpaired) electrons. The minimum absolute atomic E-state index is 0.473. The second-order valence-electron chi connectivity index (χ2n) is 4.34. The first-order valence-corrected chi connectivity index (χ1v) is 5.78. The lowest BCUT2D eigenvalue weighted by atomic mass is 9.84. The zero-order chi connectivity index (χ0) is 10.7. The zero-order valence-electron chi connectivity index (χ0n) is 9.28. The van der Waals surface area contributed by atoms with Crippen LogP contribution in [0.1, 0.15) is 32.6 Å². The average molecular weight is 209 g/mol. The Balaban J connectivity index is 2.10. The largest absolute Gasteiger partial charge is 0.386 e. The lowest BCUT2D eigenvalue weighted by Crippen LogP contribution is -2.34. The van der Waals surface area contributed by atoms with Crippen molar-refractivity contribution in [3.05, 3.63) is 0 Å². The maximum Gasteiger partial charge on any atom is 0.123 e. The van der Waals surface area contributed by atoms with Crippen molar-refractivity contribution >= 4 is 11.5 Å². The quantitative estimate of drug-likeness (QED) is 0.750. The molecular formula is C11H19N3O. The number of rotatable bonds is 2. The van der Waals surface area contributed by atoms with Gasteiger partial charge < -0.3 is 10.5 Å². The summed E-state index contributed by atoms with van der Waals surface area (Å²) < 4.78 is 5.49. The molecule has 1 saturated heterocycles. The van der Waals surface area contributed by atoms with Gasteiger partial charge in [-0.15, -0.1) is 5.10 Å². The third kappa shape index (κ3) is 2.37. The fourth-order valence-corrected chi connectivity index (χ4v) is 2.34. The molecule has 15 heavy (non-hydrogen) atoms. The molecule has 4 heteroatoms. The van der Waals surface area contributed by atoms with Crippen LogP contribution in [0.3, 0.4) is 0 Å². The lowest BCUT2D eigenvalue weighted by molar-refractivity contribution is 0.0752. The molecule has 2 heterocycles. The van der Waals surface area contributed by atoms with Crippen LogP contribution < -0.4 is 5.73 Å². The number of hydrogen-bond donors (Lipinski definition) is 1. The van der Waals surface area contributed by atoms with Gasteiger partial charge in [0.1, 0.15) is 5.84 Å². The van der Waals surface area contributed by atoms with Crippen molar-refractivity contribution in [3.8, 4) is 0 Å². The molecule has 0 aliphatic carbocycles. The first-order valence-electron chi connectivity index (χ1n) is 5.78. The van der Waals surface area contributed by atoms with Gasteiger partial charge in [0.05, 0.1) is 6.61 Å². The molecule has 0 aromatic heterocycles. The Bertz CT molecular complexity index is 280. The van der Waals surface area contributed by atoms with Crippen molar-refractivity contribution in [2.75, 3.05) is 13.2 Å². The Morgan fingerprint density at radius 2 is 2.33 bits per heavy atom. The highest BCUT2D eigenvalue weighted by molar-refractivity contribution is 5.96. The van der Waals surface area contributed by atoms with Crippen LogP contribution in [-0.4, -0.2) is 24.8 Å². The number of nitrogens with two attached hydrogens (primary N) is 1. The Morgan fingerprint density at radius 3 is 3.00 bits per heavy atom. The molecule has 84 valence electrons. The first kappa shape index (κ1) is 10.6.